The van der Waals surface area contributed by atoms with Gasteiger partial charge in [0.15, 0.2) is 6.61 Å². The first-order valence-electron chi connectivity index (χ1n) is 10.5. The molecule has 0 bridgehead atoms. The fraction of sp³-hybridized carbons (Fsp3) is 0.115. The van der Waals surface area contributed by atoms with Crippen molar-refractivity contribution in [2.24, 2.45) is 0 Å². The third kappa shape index (κ3) is 5.71. The SMILES string of the molecule is Cc1ccc(NC(=O)COc2ccc(/C=C3\SC(=O)N(Cc4ccccc4F)C3=O)cc2)cc1. The highest BCUT2D eigenvalue weighted by Crippen LogP contribution is 2.33. The Balaban J connectivity index is 1.34. The molecular weight excluding hydrogens is 455 g/mol. The van der Waals surface area contributed by atoms with E-state index in [9.17, 15) is 18.8 Å². The topological polar surface area (TPSA) is 75.7 Å². The van der Waals surface area contributed by atoms with Gasteiger partial charge in [0.2, 0.25) is 0 Å². The fourth-order valence-corrected chi connectivity index (χ4v) is 4.07. The maximum atomic E-state index is 13.9. The molecule has 0 radical (unpaired) electrons. The molecule has 8 heteroatoms. The average Bonchev–Trinajstić information content (AvgIpc) is 3.09. The summed E-state index contributed by atoms with van der Waals surface area (Å²) in [4.78, 5) is 38.3. The number of ether oxygens (including phenoxy) is 1. The zero-order valence-corrected chi connectivity index (χ0v) is 19.1. The summed E-state index contributed by atoms with van der Waals surface area (Å²) < 4.78 is 19.4. The van der Waals surface area contributed by atoms with E-state index in [0.29, 0.717) is 17.0 Å². The molecule has 3 aromatic carbocycles. The number of halogens is 1. The van der Waals surface area contributed by atoms with Gasteiger partial charge < -0.3 is 10.1 Å². The van der Waals surface area contributed by atoms with E-state index in [1.807, 2.05) is 31.2 Å². The van der Waals surface area contributed by atoms with E-state index in [1.165, 1.54) is 6.07 Å². The van der Waals surface area contributed by atoms with Crippen molar-refractivity contribution in [2.45, 2.75) is 13.5 Å². The number of nitrogens with zero attached hydrogens (tertiary/aromatic N) is 1. The molecule has 0 spiro atoms. The number of rotatable bonds is 7. The summed E-state index contributed by atoms with van der Waals surface area (Å²) in [6.45, 7) is 1.70. The molecule has 1 saturated heterocycles. The Bertz CT molecular complexity index is 1260. The van der Waals surface area contributed by atoms with E-state index in [0.717, 1.165) is 22.2 Å². The van der Waals surface area contributed by atoms with Crippen LogP contribution in [0.5, 0.6) is 5.75 Å². The van der Waals surface area contributed by atoms with Crippen LogP contribution in [0.25, 0.3) is 6.08 Å². The van der Waals surface area contributed by atoms with Crippen LogP contribution < -0.4 is 10.1 Å². The first kappa shape index (κ1) is 23.3. The Morgan fingerprint density at radius 3 is 2.44 bits per heavy atom. The predicted octanol–water partition coefficient (Wildman–Crippen LogP) is 5.39. The highest BCUT2D eigenvalue weighted by molar-refractivity contribution is 8.18. The fourth-order valence-electron chi connectivity index (χ4n) is 3.23. The minimum absolute atomic E-state index is 0.119. The van der Waals surface area contributed by atoms with Crippen LogP contribution in [0.3, 0.4) is 0 Å². The molecule has 0 unspecified atom stereocenters. The first-order valence-corrected chi connectivity index (χ1v) is 11.3. The van der Waals surface area contributed by atoms with Gasteiger partial charge in [0.25, 0.3) is 17.1 Å². The molecule has 4 rings (SSSR count). The van der Waals surface area contributed by atoms with Crippen LogP contribution in [0, 0.1) is 12.7 Å². The second-order valence-electron chi connectivity index (χ2n) is 7.63. The summed E-state index contributed by atoms with van der Waals surface area (Å²) in [6, 6.07) is 20.3. The third-order valence-corrected chi connectivity index (χ3v) is 5.95. The number of aryl methyl sites for hydroxylation is 1. The van der Waals surface area contributed by atoms with Gasteiger partial charge in [-0.05, 0) is 60.7 Å². The number of anilines is 1. The molecule has 3 amide bonds. The van der Waals surface area contributed by atoms with Crippen molar-refractivity contribution in [3.8, 4) is 5.75 Å². The maximum Gasteiger partial charge on any atom is 0.293 e. The second kappa shape index (κ2) is 10.4. The number of thioether (sulfide) groups is 1. The van der Waals surface area contributed by atoms with Gasteiger partial charge in [-0.3, -0.25) is 19.3 Å². The molecule has 34 heavy (non-hydrogen) atoms. The van der Waals surface area contributed by atoms with Crippen LogP contribution in [-0.4, -0.2) is 28.6 Å². The van der Waals surface area contributed by atoms with E-state index < -0.39 is 17.0 Å². The summed E-state index contributed by atoms with van der Waals surface area (Å²) in [5.41, 5.74) is 2.76. The lowest BCUT2D eigenvalue weighted by Gasteiger charge is -2.12. The molecule has 1 heterocycles. The normalized spacial score (nSPS) is 14.5. The number of benzene rings is 3. The molecule has 1 aliphatic rings. The molecule has 0 aliphatic carbocycles. The number of hydrogen-bond acceptors (Lipinski definition) is 5. The third-order valence-electron chi connectivity index (χ3n) is 5.04. The summed E-state index contributed by atoms with van der Waals surface area (Å²) in [5, 5.41) is 2.31. The Hall–Kier alpha value is -3.91. The van der Waals surface area contributed by atoms with Crippen molar-refractivity contribution in [2.75, 3.05) is 11.9 Å². The van der Waals surface area contributed by atoms with Crippen LogP contribution in [0.15, 0.2) is 77.7 Å². The molecule has 3 aromatic rings. The van der Waals surface area contributed by atoms with Gasteiger partial charge in [-0.1, -0.05) is 48.0 Å². The van der Waals surface area contributed by atoms with Crippen molar-refractivity contribution in [3.05, 3.63) is 100 Å². The zero-order valence-electron chi connectivity index (χ0n) is 18.3. The predicted molar refractivity (Wildman–Crippen MR) is 130 cm³/mol. The van der Waals surface area contributed by atoms with Crippen molar-refractivity contribution < 1.29 is 23.5 Å². The van der Waals surface area contributed by atoms with Gasteiger partial charge in [0.05, 0.1) is 11.4 Å². The monoisotopic (exact) mass is 476 g/mol. The summed E-state index contributed by atoms with van der Waals surface area (Å²) in [6.07, 6.45) is 1.60. The Kier molecular flexibility index (Phi) is 7.08. The molecule has 1 aliphatic heterocycles. The summed E-state index contributed by atoms with van der Waals surface area (Å²) in [7, 11) is 0. The Labute approximate surface area is 200 Å². The smallest absolute Gasteiger partial charge is 0.293 e. The van der Waals surface area contributed by atoms with Gasteiger partial charge in [0, 0.05) is 11.3 Å². The van der Waals surface area contributed by atoms with Gasteiger partial charge in [-0.2, -0.15) is 0 Å². The van der Waals surface area contributed by atoms with Gasteiger partial charge in [-0.25, -0.2) is 4.39 Å². The zero-order chi connectivity index (χ0) is 24.1. The van der Waals surface area contributed by atoms with Crippen LogP contribution in [0.4, 0.5) is 14.9 Å². The minimum Gasteiger partial charge on any atom is -0.484 e. The minimum atomic E-state index is -0.466. The van der Waals surface area contributed by atoms with Crippen LogP contribution in [0.1, 0.15) is 16.7 Å². The molecule has 0 atom stereocenters. The maximum absolute atomic E-state index is 13.9. The number of nitrogens with one attached hydrogen (secondary N) is 1. The molecule has 1 N–H and O–H groups in total. The lowest BCUT2D eigenvalue weighted by Crippen LogP contribution is -2.27. The second-order valence-corrected chi connectivity index (χ2v) is 8.62. The highest BCUT2D eigenvalue weighted by atomic mass is 32.2. The lowest BCUT2D eigenvalue weighted by atomic mass is 10.2. The summed E-state index contributed by atoms with van der Waals surface area (Å²) >= 11 is 0.814. The van der Waals surface area contributed by atoms with E-state index in [-0.39, 0.29) is 29.5 Å². The average molecular weight is 477 g/mol. The van der Waals surface area contributed by atoms with Crippen LogP contribution >= 0.6 is 11.8 Å². The lowest BCUT2D eigenvalue weighted by molar-refractivity contribution is -0.123. The van der Waals surface area contributed by atoms with E-state index in [4.69, 9.17) is 4.74 Å². The molecule has 0 saturated carbocycles. The van der Waals surface area contributed by atoms with Crippen LogP contribution in [0.2, 0.25) is 0 Å². The number of carbonyl (C=O) groups is 3. The van der Waals surface area contributed by atoms with Gasteiger partial charge >= 0.3 is 0 Å². The van der Waals surface area contributed by atoms with E-state index in [2.05, 4.69) is 5.32 Å². The largest absolute Gasteiger partial charge is 0.484 e. The number of hydrogen-bond donors (Lipinski definition) is 1. The van der Waals surface area contributed by atoms with Crippen LogP contribution in [-0.2, 0) is 16.1 Å². The summed E-state index contributed by atoms with van der Waals surface area (Å²) in [5.74, 6) is -0.722. The highest BCUT2D eigenvalue weighted by Gasteiger charge is 2.35. The van der Waals surface area contributed by atoms with E-state index >= 15 is 0 Å². The quantitative estimate of drug-likeness (QED) is 0.463. The molecule has 1 fully saturated rings. The van der Waals surface area contributed by atoms with Crippen molar-refractivity contribution in [1.29, 1.82) is 0 Å². The Morgan fingerprint density at radius 2 is 1.74 bits per heavy atom. The number of carbonyl (C=O) groups excluding carboxylic acids is 3. The Morgan fingerprint density at radius 1 is 1.03 bits per heavy atom. The molecule has 0 aromatic heterocycles. The van der Waals surface area contributed by atoms with Gasteiger partial charge in [0.1, 0.15) is 11.6 Å². The molecule has 172 valence electrons. The molecular formula is C26H21FN2O4S. The van der Waals surface area contributed by atoms with Gasteiger partial charge in [-0.15, -0.1) is 0 Å². The first-order chi connectivity index (χ1) is 16.4. The standard InChI is InChI=1S/C26H21FN2O4S/c1-17-6-10-20(11-7-17)28-24(30)16-33-21-12-8-18(9-13-21)14-23-25(31)29(26(32)34-23)15-19-4-2-3-5-22(19)27/h2-14H,15-16H2,1H3,(H,28,30)/b23-14-. The van der Waals surface area contributed by atoms with Crippen molar-refractivity contribution in [3.63, 3.8) is 0 Å². The molecule has 6 nitrogen and oxygen atoms in total. The number of imide groups is 1. The van der Waals surface area contributed by atoms with Crippen molar-refractivity contribution in [1.82, 2.24) is 4.90 Å². The van der Waals surface area contributed by atoms with Crippen molar-refractivity contribution >= 4 is 40.6 Å². The number of amides is 3. The van der Waals surface area contributed by atoms with E-state index in [1.54, 1.807) is 48.5 Å².